The van der Waals surface area contributed by atoms with Gasteiger partial charge in [0.25, 0.3) is 0 Å². The first-order valence-electron chi connectivity index (χ1n) is 6.36. The second kappa shape index (κ2) is 7.07. The lowest BCUT2D eigenvalue weighted by Gasteiger charge is -2.10. The molecule has 22 heavy (non-hydrogen) atoms. The fourth-order valence-electron chi connectivity index (χ4n) is 1.68. The first-order valence-corrected chi connectivity index (χ1v) is 6.36. The van der Waals surface area contributed by atoms with Crippen LogP contribution in [-0.4, -0.2) is 29.3 Å². The zero-order chi connectivity index (χ0) is 15.9. The molecule has 0 aliphatic rings. The van der Waals surface area contributed by atoms with E-state index in [0.29, 0.717) is 0 Å². The van der Waals surface area contributed by atoms with Crippen molar-refractivity contribution < 1.29 is 24.2 Å². The highest BCUT2D eigenvalue weighted by Crippen LogP contribution is 2.22. The van der Waals surface area contributed by atoms with Crippen molar-refractivity contribution >= 4 is 17.9 Å². The quantitative estimate of drug-likeness (QED) is 0.880. The van der Waals surface area contributed by atoms with Crippen LogP contribution in [0.15, 0.2) is 42.5 Å². The largest absolute Gasteiger partial charge is 0.493 e. The van der Waals surface area contributed by atoms with Crippen molar-refractivity contribution in [3.05, 3.63) is 53.7 Å². The van der Waals surface area contributed by atoms with Crippen molar-refractivity contribution in [2.45, 2.75) is 6.61 Å². The molecule has 114 valence electrons. The molecule has 7 heteroatoms. The molecule has 1 aromatic heterocycles. The summed E-state index contributed by atoms with van der Waals surface area (Å²) in [6.07, 6.45) is -0.753. The number of carbonyl (C=O) groups excluding carboxylic acids is 1. The smallest absolute Gasteiger partial charge is 0.413 e. The van der Waals surface area contributed by atoms with Crippen LogP contribution in [0.3, 0.4) is 0 Å². The molecule has 2 aromatic rings. The Bertz CT molecular complexity index is 673. The maximum absolute atomic E-state index is 11.8. The molecule has 1 aromatic carbocycles. The average Bonchev–Trinajstić information content (AvgIpc) is 2.53. The molecule has 2 rings (SSSR count). The van der Waals surface area contributed by atoms with E-state index in [4.69, 9.17) is 14.6 Å². The molecule has 0 aliphatic carbocycles. The van der Waals surface area contributed by atoms with Crippen molar-refractivity contribution in [3.8, 4) is 5.75 Å². The molecule has 0 unspecified atom stereocenters. The van der Waals surface area contributed by atoms with Crippen LogP contribution in [0, 0.1) is 0 Å². The van der Waals surface area contributed by atoms with Gasteiger partial charge in [-0.1, -0.05) is 30.3 Å². The van der Waals surface area contributed by atoms with Crippen LogP contribution in [0.1, 0.15) is 16.1 Å². The standard InChI is InChI=1S/C15H14N2O5/c1-21-12-8-7-11(14(18)19)16-13(12)17-15(20)22-9-10-5-3-2-4-6-10/h2-8H,9H2,1H3,(H,18,19)(H,16,17,20). The van der Waals surface area contributed by atoms with E-state index in [9.17, 15) is 9.59 Å². The first kappa shape index (κ1) is 15.3. The van der Waals surface area contributed by atoms with Gasteiger partial charge in [-0.3, -0.25) is 5.32 Å². The van der Waals surface area contributed by atoms with E-state index < -0.39 is 12.1 Å². The summed E-state index contributed by atoms with van der Waals surface area (Å²) in [5.41, 5.74) is 0.621. The topological polar surface area (TPSA) is 97.8 Å². The monoisotopic (exact) mass is 302 g/mol. The van der Waals surface area contributed by atoms with Gasteiger partial charge in [-0.05, 0) is 17.7 Å². The average molecular weight is 302 g/mol. The van der Waals surface area contributed by atoms with Gasteiger partial charge in [-0.2, -0.15) is 0 Å². The maximum atomic E-state index is 11.8. The van der Waals surface area contributed by atoms with Gasteiger partial charge in [-0.15, -0.1) is 0 Å². The predicted molar refractivity (Wildman–Crippen MR) is 78.0 cm³/mol. The van der Waals surface area contributed by atoms with E-state index in [0.717, 1.165) is 5.56 Å². The second-order valence-electron chi connectivity index (χ2n) is 4.24. The number of aromatic nitrogens is 1. The van der Waals surface area contributed by atoms with Gasteiger partial charge in [0, 0.05) is 0 Å². The molecular weight excluding hydrogens is 288 g/mol. The minimum atomic E-state index is -1.21. The Kier molecular flexibility index (Phi) is 4.92. The van der Waals surface area contributed by atoms with Gasteiger partial charge in [0.05, 0.1) is 7.11 Å². The van der Waals surface area contributed by atoms with Crippen LogP contribution in [0.5, 0.6) is 5.75 Å². The number of benzene rings is 1. The number of hydrogen-bond donors (Lipinski definition) is 2. The van der Waals surface area contributed by atoms with Gasteiger partial charge in [0.2, 0.25) is 0 Å². The van der Waals surface area contributed by atoms with Gasteiger partial charge >= 0.3 is 12.1 Å². The zero-order valence-electron chi connectivity index (χ0n) is 11.8. The van der Waals surface area contributed by atoms with Gasteiger partial charge in [0.1, 0.15) is 6.61 Å². The Morgan fingerprint density at radius 3 is 2.55 bits per heavy atom. The number of carboxylic acid groups (broad SMARTS) is 1. The lowest BCUT2D eigenvalue weighted by molar-refractivity contribution is 0.0690. The summed E-state index contributed by atoms with van der Waals surface area (Å²) in [7, 11) is 1.39. The molecular formula is C15H14N2O5. The number of amides is 1. The Morgan fingerprint density at radius 2 is 1.91 bits per heavy atom. The molecule has 2 N–H and O–H groups in total. The van der Waals surface area contributed by atoms with E-state index >= 15 is 0 Å². The molecule has 0 saturated carbocycles. The Morgan fingerprint density at radius 1 is 1.18 bits per heavy atom. The number of nitrogens with one attached hydrogen (secondary N) is 1. The summed E-state index contributed by atoms with van der Waals surface area (Å²) in [6, 6.07) is 11.8. The van der Waals surface area contributed by atoms with Crippen LogP contribution in [0.4, 0.5) is 10.6 Å². The minimum Gasteiger partial charge on any atom is -0.493 e. The molecule has 0 radical (unpaired) electrons. The normalized spacial score (nSPS) is 9.86. The van der Waals surface area contributed by atoms with Gasteiger partial charge in [0.15, 0.2) is 17.3 Å². The Hall–Kier alpha value is -3.09. The van der Waals surface area contributed by atoms with E-state index in [2.05, 4.69) is 10.3 Å². The highest BCUT2D eigenvalue weighted by molar-refractivity contribution is 5.89. The van der Waals surface area contributed by atoms with Crippen LogP contribution < -0.4 is 10.1 Å². The van der Waals surface area contributed by atoms with Crippen molar-refractivity contribution in [1.82, 2.24) is 4.98 Å². The summed E-state index contributed by atoms with van der Waals surface area (Å²) in [4.78, 5) is 26.5. The maximum Gasteiger partial charge on any atom is 0.413 e. The lowest BCUT2D eigenvalue weighted by Crippen LogP contribution is -2.16. The number of aromatic carboxylic acids is 1. The van der Waals surface area contributed by atoms with Crippen molar-refractivity contribution in [2.24, 2.45) is 0 Å². The van der Waals surface area contributed by atoms with Crippen molar-refractivity contribution in [2.75, 3.05) is 12.4 Å². The minimum absolute atomic E-state index is 0.0135. The molecule has 7 nitrogen and oxygen atoms in total. The molecule has 0 bridgehead atoms. The Balaban J connectivity index is 2.04. The van der Waals surface area contributed by atoms with Crippen LogP contribution in [-0.2, 0) is 11.3 Å². The third-order valence-corrected chi connectivity index (χ3v) is 2.73. The lowest BCUT2D eigenvalue weighted by atomic mass is 10.2. The highest BCUT2D eigenvalue weighted by Gasteiger charge is 2.14. The summed E-state index contributed by atoms with van der Waals surface area (Å²) >= 11 is 0. The Labute approximate surface area is 126 Å². The SMILES string of the molecule is COc1ccc(C(=O)O)nc1NC(=O)OCc1ccccc1. The predicted octanol–water partition coefficient (Wildman–Crippen LogP) is 2.54. The fourth-order valence-corrected chi connectivity index (χ4v) is 1.68. The van der Waals surface area contributed by atoms with Crippen LogP contribution in [0.2, 0.25) is 0 Å². The summed E-state index contributed by atoms with van der Waals surface area (Å²) in [5.74, 6) is -0.981. The van der Waals surface area contributed by atoms with Crippen LogP contribution in [0.25, 0.3) is 0 Å². The van der Waals surface area contributed by atoms with Crippen molar-refractivity contribution in [3.63, 3.8) is 0 Å². The third-order valence-electron chi connectivity index (χ3n) is 2.73. The summed E-state index contributed by atoms with van der Waals surface area (Å²) in [6.45, 7) is 0.0909. The molecule has 1 heterocycles. The number of anilines is 1. The van der Waals surface area contributed by atoms with Gasteiger partial charge < -0.3 is 14.6 Å². The van der Waals surface area contributed by atoms with E-state index in [1.165, 1.54) is 19.2 Å². The first-order chi connectivity index (χ1) is 10.6. The second-order valence-corrected chi connectivity index (χ2v) is 4.24. The molecule has 0 saturated heterocycles. The number of carboxylic acids is 1. The van der Waals surface area contributed by atoms with E-state index in [1.807, 2.05) is 30.3 Å². The summed E-state index contributed by atoms with van der Waals surface area (Å²) in [5, 5.41) is 11.3. The number of ether oxygens (including phenoxy) is 2. The zero-order valence-corrected chi connectivity index (χ0v) is 11.8. The molecule has 1 amide bonds. The number of carbonyl (C=O) groups is 2. The number of hydrogen-bond acceptors (Lipinski definition) is 5. The third kappa shape index (κ3) is 3.95. The molecule has 0 fully saturated rings. The fraction of sp³-hybridized carbons (Fsp3) is 0.133. The molecule has 0 aliphatic heterocycles. The van der Waals surface area contributed by atoms with E-state index in [-0.39, 0.29) is 23.9 Å². The van der Waals surface area contributed by atoms with Crippen molar-refractivity contribution in [1.29, 1.82) is 0 Å². The molecule has 0 spiro atoms. The number of pyridine rings is 1. The number of nitrogens with zero attached hydrogens (tertiary/aromatic N) is 1. The van der Waals surface area contributed by atoms with Crippen LogP contribution >= 0.6 is 0 Å². The van der Waals surface area contributed by atoms with E-state index in [1.54, 1.807) is 0 Å². The number of rotatable bonds is 5. The van der Waals surface area contributed by atoms with Gasteiger partial charge in [-0.25, -0.2) is 14.6 Å². The highest BCUT2D eigenvalue weighted by atomic mass is 16.5. The molecule has 0 atom stereocenters. The summed E-state index contributed by atoms with van der Waals surface area (Å²) < 4.78 is 10.1. The number of methoxy groups -OCH3 is 1.